The van der Waals surface area contributed by atoms with Crippen molar-refractivity contribution in [3.8, 4) is 0 Å². The molecule has 0 aromatic carbocycles. The molecule has 3 amide bonds. The number of likely N-dealkylation sites (tertiary alicyclic amines) is 1. The van der Waals surface area contributed by atoms with Gasteiger partial charge in [0.15, 0.2) is 0 Å². The maximum atomic E-state index is 14.5. The maximum Gasteiger partial charge on any atom is 0.247 e. The molecule has 38 heavy (non-hydrogen) atoms. The minimum absolute atomic E-state index is 0.0259. The summed E-state index contributed by atoms with van der Waals surface area (Å²) in [6.07, 6.45) is 18.3. The molecule has 8 heteroatoms. The standard InChI is InChI=1S/C30H45N3O4S/c1-3-17-31-18-11-15-29(2)23(26(31)35)24-27(36)33(19-9-4-5-10-21-34)25-28(37)32(22-13-7-6-8-14-22)20-12-16-30(24,25)38-29/h11-12,15-16,22-25,34H,3-10,13-14,17-21H2,1-2H3/t23-,24-,25?,29+,30-/m0/s1. The van der Waals surface area contributed by atoms with E-state index in [4.69, 9.17) is 0 Å². The van der Waals surface area contributed by atoms with Gasteiger partial charge in [-0.3, -0.25) is 14.4 Å². The summed E-state index contributed by atoms with van der Waals surface area (Å²) < 4.78 is -1.27. The lowest BCUT2D eigenvalue weighted by Gasteiger charge is -2.40. The summed E-state index contributed by atoms with van der Waals surface area (Å²) in [6.45, 7) is 6.72. The van der Waals surface area contributed by atoms with E-state index in [1.54, 1.807) is 11.8 Å². The number of fused-ring (bicyclic) bond motifs is 2. The van der Waals surface area contributed by atoms with Crippen molar-refractivity contribution in [3.63, 3.8) is 0 Å². The van der Waals surface area contributed by atoms with Crippen LogP contribution in [0.1, 0.15) is 78.1 Å². The van der Waals surface area contributed by atoms with E-state index < -0.39 is 27.4 Å². The van der Waals surface area contributed by atoms with E-state index >= 15 is 0 Å². The van der Waals surface area contributed by atoms with Gasteiger partial charge in [-0.2, -0.15) is 0 Å². The molecular formula is C30H45N3O4S. The molecule has 1 N–H and O–H groups in total. The van der Waals surface area contributed by atoms with Gasteiger partial charge in [-0.05, 0) is 39.0 Å². The van der Waals surface area contributed by atoms with Gasteiger partial charge in [0.1, 0.15) is 6.04 Å². The molecule has 5 rings (SSSR count). The number of carbonyl (C=O) groups is 3. The van der Waals surface area contributed by atoms with E-state index in [1.807, 2.05) is 9.80 Å². The van der Waals surface area contributed by atoms with Crippen LogP contribution in [-0.2, 0) is 14.4 Å². The van der Waals surface area contributed by atoms with Crippen molar-refractivity contribution in [1.29, 1.82) is 0 Å². The number of hydrogen-bond acceptors (Lipinski definition) is 5. The highest BCUT2D eigenvalue weighted by Gasteiger charge is 2.73. The van der Waals surface area contributed by atoms with Crippen molar-refractivity contribution in [1.82, 2.24) is 14.7 Å². The quantitative estimate of drug-likeness (QED) is 0.354. The summed E-state index contributed by atoms with van der Waals surface area (Å²) in [5, 5.41) is 9.18. The van der Waals surface area contributed by atoms with E-state index in [2.05, 4.69) is 43.1 Å². The fourth-order valence-electron chi connectivity index (χ4n) is 7.77. The first-order valence-corrected chi connectivity index (χ1v) is 15.8. The van der Waals surface area contributed by atoms with Crippen LogP contribution >= 0.6 is 11.8 Å². The van der Waals surface area contributed by atoms with E-state index in [-0.39, 0.29) is 30.4 Å². The van der Waals surface area contributed by atoms with Crippen LogP contribution in [0.4, 0.5) is 0 Å². The van der Waals surface area contributed by atoms with Gasteiger partial charge < -0.3 is 19.8 Å². The normalized spacial score (nSPS) is 35.4. The number of nitrogens with zero attached hydrogens (tertiary/aromatic N) is 3. The van der Waals surface area contributed by atoms with Crippen molar-refractivity contribution >= 4 is 29.5 Å². The Bertz CT molecular complexity index is 979. The highest BCUT2D eigenvalue weighted by Crippen LogP contribution is 2.65. The second-order valence-electron chi connectivity index (χ2n) is 12.0. The van der Waals surface area contributed by atoms with Crippen LogP contribution < -0.4 is 0 Å². The third kappa shape index (κ3) is 4.63. The summed E-state index contributed by atoms with van der Waals surface area (Å²) in [4.78, 5) is 48.8. The van der Waals surface area contributed by atoms with Crippen molar-refractivity contribution in [3.05, 3.63) is 24.3 Å². The lowest BCUT2D eigenvalue weighted by molar-refractivity contribution is -0.145. The minimum atomic E-state index is -0.739. The van der Waals surface area contributed by atoms with Crippen LogP contribution in [-0.4, -0.2) is 91.9 Å². The molecule has 3 fully saturated rings. The number of amides is 3. The van der Waals surface area contributed by atoms with Gasteiger partial charge in [0.2, 0.25) is 17.7 Å². The number of aliphatic hydroxyl groups is 1. The highest BCUT2D eigenvalue weighted by atomic mass is 32.2. The molecule has 4 heterocycles. The molecule has 4 aliphatic heterocycles. The van der Waals surface area contributed by atoms with E-state index in [0.29, 0.717) is 26.2 Å². The molecular weight excluding hydrogens is 498 g/mol. The Hall–Kier alpha value is -1.80. The smallest absolute Gasteiger partial charge is 0.247 e. The topological polar surface area (TPSA) is 81.2 Å². The molecule has 5 atom stereocenters. The van der Waals surface area contributed by atoms with E-state index in [0.717, 1.165) is 57.8 Å². The van der Waals surface area contributed by atoms with Crippen LogP contribution in [0.15, 0.2) is 24.3 Å². The fraction of sp³-hybridized carbons (Fsp3) is 0.767. The molecule has 210 valence electrons. The van der Waals surface area contributed by atoms with Crippen molar-refractivity contribution in [2.75, 3.05) is 32.8 Å². The number of rotatable bonds is 9. The van der Waals surface area contributed by atoms with Gasteiger partial charge in [0.05, 0.1) is 16.6 Å². The molecule has 7 nitrogen and oxygen atoms in total. The maximum absolute atomic E-state index is 14.5. The monoisotopic (exact) mass is 543 g/mol. The second-order valence-corrected chi connectivity index (χ2v) is 13.8. The fourth-order valence-corrected chi connectivity index (χ4v) is 9.93. The average Bonchev–Trinajstić information content (AvgIpc) is 3.17. The van der Waals surface area contributed by atoms with Gasteiger partial charge >= 0.3 is 0 Å². The third-order valence-corrected chi connectivity index (χ3v) is 11.3. The Labute approximate surface area is 232 Å². The van der Waals surface area contributed by atoms with Gasteiger partial charge in [0.25, 0.3) is 0 Å². The Morgan fingerprint density at radius 1 is 0.895 bits per heavy atom. The number of hydrogen-bond donors (Lipinski definition) is 1. The van der Waals surface area contributed by atoms with Crippen molar-refractivity contribution in [2.24, 2.45) is 11.8 Å². The number of aliphatic hydroxyl groups excluding tert-OH is 1. The predicted molar refractivity (Wildman–Crippen MR) is 150 cm³/mol. The summed E-state index contributed by atoms with van der Waals surface area (Å²) in [5.41, 5.74) is 0. The summed E-state index contributed by atoms with van der Waals surface area (Å²) in [7, 11) is 0. The first kappa shape index (κ1) is 27.8. The molecule has 1 spiro atoms. The van der Waals surface area contributed by atoms with E-state index in [1.165, 1.54) is 6.42 Å². The average molecular weight is 544 g/mol. The molecule has 0 aromatic rings. The number of unbranched alkanes of at least 4 members (excludes halogenated alkanes) is 3. The number of thioether (sulfide) groups is 1. The summed E-state index contributed by atoms with van der Waals surface area (Å²) in [6, 6.07) is -0.348. The van der Waals surface area contributed by atoms with Crippen molar-refractivity contribution < 1.29 is 19.5 Å². The largest absolute Gasteiger partial charge is 0.396 e. The molecule has 2 saturated heterocycles. The van der Waals surface area contributed by atoms with Crippen LogP contribution in [0, 0.1) is 11.8 Å². The highest BCUT2D eigenvalue weighted by molar-refractivity contribution is 8.02. The molecule has 0 aromatic heterocycles. The lowest BCUT2D eigenvalue weighted by Crippen LogP contribution is -2.55. The Morgan fingerprint density at radius 2 is 1.63 bits per heavy atom. The van der Waals surface area contributed by atoms with Gasteiger partial charge in [-0.1, -0.05) is 63.3 Å². The number of carbonyl (C=O) groups excluding carboxylic acids is 3. The van der Waals surface area contributed by atoms with Crippen LogP contribution in [0.2, 0.25) is 0 Å². The van der Waals surface area contributed by atoms with Gasteiger partial charge in [0, 0.05) is 43.6 Å². The van der Waals surface area contributed by atoms with Crippen LogP contribution in [0.3, 0.4) is 0 Å². The minimum Gasteiger partial charge on any atom is -0.396 e. The zero-order chi connectivity index (χ0) is 26.9. The first-order chi connectivity index (χ1) is 18.4. The Morgan fingerprint density at radius 3 is 2.37 bits per heavy atom. The van der Waals surface area contributed by atoms with E-state index in [9.17, 15) is 19.5 Å². The molecule has 1 unspecified atom stereocenters. The second kappa shape index (κ2) is 11.4. The first-order valence-electron chi connectivity index (χ1n) is 14.9. The van der Waals surface area contributed by atoms with Crippen LogP contribution in [0.5, 0.6) is 0 Å². The van der Waals surface area contributed by atoms with Gasteiger partial charge in [-0.25, -0.2) is 0 Å². The SMILES string of the molecule is CCCN1CC=C[C@@]2(C)S[C@]34C=CCN(C5CCCCC5)C(=O)C3N(CCCCCCO)C(=O)[C@@H]4[C@H]2C1=O. The Kier molecular flexibility index (Phi) is 8.30. The molecule has 0 radical (unpaired) electrons. The third-order valence-electron chi connectivity index (χ3n) is 9.49. The Balaban J connectivity index is 1.53. The summed E-state index contributed by atoms with van der Waals surface area (Å²) in [5.74, 6) is -0.920. The van der Waals surface area contributed by atoms with Crippen molar-refractivity contribution in [2.45, 2.75) is 99.6 Å². The predicted octanol–water partition coefficient (Wildman–Crippen LogP) is 3.77. The van der Waals surface area contributed by atoms with Crippen LogP contribution in [0.25, 0.3) is 0 Å². The summed E-state index contributed by atoms with van der Waals surface area (Å²) >= 11 is 1.69. The van der Waals surface area contributed by atoms with Gasteiger partial charge in [-0.15, -0.1) is 11.8 Å². The molecule has 1 aliphatic carbocycles. The molecule has 1 saturated carbocycles. The lowest BCUT2D eigenvalue weighted by atomic mass is 9.74. The molecule has 0 bridgehead atoms. The zero-order valence-electron chi connectivity index (χ0n) is 23.1. The molecule has 5 aliphatic rings. The zero-order valence-corrected chi connectivity index (χ0v) is 24.0.